The highest BCUT2D eigenvalue weighted by Crippen LogP contribution is 2.35. The Hall–Kier alpha value is -3.79. The number of nitrogens with one attached hydrogen (secondary N) is 1. The Morgan fingerprint density at radius 2 is 1.88 bits per heavy atom. The monoisotopic (exact) mass is 463 g/mol. The van der Waals surface area contributed by atoms with E-state index < -0.39 is 18.0 Å². The van der Waals surface area contributed by atoms with Gasteiger partial charge in [0.1, 0.15) is 11.4 Å². The van der Waals surface area contributed by atoms with Gasteiger partial charge in [0.15, 0.2) is 5.65 Å². The van der Waals surface area contributed by atoms with Crippen LogP contribution in [0.2, 0.25) is 0 Å². The summed E-state index contributed by atoms with van der Waals surface area (Å²) in [6, 6.07) is 6.16. The molecule has 10 nitrogen and oxygen atoms in total. The fourth-order valence-electron chi connectivity index (χ4n) is 4.91. The van der Waals surface area contributed by atoms with Gasteiger partial charge < -0.3 is 20.4 Å². The van der Waals surface area contributed by atoms with Gasteiger partial charge in [0.25, 0.3) is 11.8 Å². The van der Waals surface area contributed by atoms with E-state index in [0.717, 1.165) is 16.7 Å². The van der Waals surface area contributed by atoms with E-state index in [4.69, 9.17) is 0 Å². The van der Waals surface area contributed by atoms with Gasteiger partial charge in [-0.05, 0) is 55.4 Å². The van der Waals surface area contributed by atoms with Gasteiger partial charge >= 0.3 is 5.97 Å². The van der Waals surface area contributed by atoms with Gasteiger partial charge in [-0.3, -0.25) is 9.59 Å². The molecule has 1 atom stereocenters. The lowest BCUT2D eigenvalue weighted by molar-refractivity contribution is 0.0541. The van der Waals surface area contributed by atoms with Gasteiger partial charge in [-0.25, -0.2) is 14.3 Å². The molecule has 1 fully saturated rings. The molecule has 5 rings (SSSR count). The second-order valence-corrected chi connectivity index (χ2v) is 8.83. The third-order valence-corrected chi connectivity index (χ3v) is 6.79. The Morgan fingerprint density at radius 3 is 2.62 bits per heavy atom. The second kappa shape index (κ2) is 8.53. The first-order valence-electron chi connectivity index (χ1n) is 11.3. The van der Waals surface area contributed by atoms with Crippen LogP contribution in [0.15, 0.2) is 30.5 Å². The van der Waals surface area contributed by atoms with Crippen molar-refractivity contribution < 1.29 is 24.6 Å². The minimum absolute atomic E-state index is 0.156. The number of carboxylic acids is 1. The van der Waals surface area contributed by atoms with Crippen LogP contribution in [0.25, 0.3) is 5.65 Å². The lowest BCUT2D eigenvalue weighted by Crippen LogP contribution is -2.40. The number of hydrogen-bond donors (Lipinski definition) is 3. The first-order chi connectivity index (χ1) is 16.3. The van der Waals surface area contributed by atoms with E-state index in [1.165, 1.54) is 16.8 Å². The molecule has 1 aliphatic heterocycles. The lowest BCUT2D eigenvalue weighted by atomic mass is 9.98. The fraction of sp³-hybridized carbons (Fsp3) is 0.375. The number of hydrogen-bond acceptors (Lipinski definition) is 6. The number of nitrogens with zero attached hydrogens (tertiary/aromatic N) is 4. The third-order valence-electron chi connectivity index (χ3n) is 6.79. The molecule has 0 radical (unpaired) electrons. The summed E-state index contributed by atoms with van der Waals surface area (Å²) < 4.78 is 1.40. The Morgan fingerprint density at radius 1 is 1.12 bits per heavy atom. The summed E-state index contributed by atoms with van der Waals surface area (Å²) in [5.74, 6) is -1.64. The summed E-state index contributed by atoms with van der Waals surface area (Å²) in [6.07, 6.45) is 3.47. The molecule has 0 saturated carbocycles. The maximum absolute atomic E-state index is 13.3. The molecule has 1 aromatic carbocycles. The summed E-state index contributed by atoms with van der Waals surface area (Å²) in [4.78, 5) is 43.9. The molecule has 34 heavy (non-hydrogen) atoms. The predicted molar refractivity (Wildman–Crippen MR) is 121 cm³/mol. The standard InChI is InChI=1S/C24H25N5O5/c1-13-15-4-5-18(17(15)3-2-16(13)24(33)34)27-22(31)20-12-19(26-21-6-9-25-29(20)21)23(32)28-10-7-14(30)8-11-28/h2-3,6,9,12,14,18,30H,4-5,7-8,10-11H2,1H3,(H,27,31)(H,33,34)/t18-/m0/s1. The van der Waals surface area contributed by atoms with Crippen LogP contribution in [-0.2, 0) is 6.42 Å². The van der Waals surface area contributed by atoms with Crippen molar-refractivity contribution in [1.82, 2.24) is 24.8 Å². The number of carbonyl (C=O) groups is 3. The molecule has 3 aromatic rings. The van der Waals surface area contributed by atoms with E-state index in [0.29, 0.717) is 44.4 Å². The molecule has 2 amide bonds. The average Bonchev–Trinajstić information content (AvgIpc) is 3.46. The topological polar surface area (TPSA) is 137 Å². The largest absolute Gasteiger partial charge is 0.478 e. The van der Waals surface area contributed by atoms with E-state index in [1.54, 1.807) is 30.0 Å². The van der Waals surface area contributed by atoms with Gasteiger partial charge in [-0.15, -0.1) is 0 Å². The minimum atomic E-state index is -0.967. The van der Waals surface area contributed by atoms with Crippen molar-refractivity contribution in [2.75, 3.05) is 13.1 Å². The number of aromatic nitrogens is 3. The SMILES string of the molecule is Cc1c(C(=O)O)ccc2c1CC[C@@H]2NC(=O)c1cc(C(=O)N2CCC(O)CC2)nc2ccnn12. The number of fused-ring (bicyclic) bond motifs is 2. The van der Waals surface area contributed by atoms with Crippen molar-refractivity contribution >= 4 is 23.4 Å². The number of carbonyl (C=O) groups excluding carboxylic acids is 2. The minimum Gasteiger partial charge on any atom is -0.478 e. The number of aliphatic hydroxyl groups excluding tert-OH is 1. The zero-order valence-electron chi connectivity index (χ0n) is 18.7. The summed E-state index contributed by atoms with van der Waals surface area (Å²) in [5, 5.41) is 26.3. The van der Waals surface area contributed by atoms with E-state index in [-0.39, 0.29) is 28.9 Å². The maximum atomic E-state index is 13.3. The first-order valence-corrected chi connectivity index (χ1v) is 11.3. The molecule has 2 aliphatic rings. The number of likely N-dealkylation sites (tertiary alicyclic amines) is 1. The summed E-state index contributed by atoms with van der Waals surface area (Å²) in [7, 11) is 0. The predicted octanol–water partition coefficient (Wildman–Crippen LogP) is 1.75. The van der Waals surface area contributed by atoms with Crippen LogP contribution in [0.5, 0.6) is 0 Å². The number of benzene rings is 1. The molecule has 3 N–H and O–H groups in total. The molecular formula is C24H25N5O5. The van der Waals surface area contributed by atoms with E-state index >= 15 is 0 Å². The van der Waals surface area contributed by atoms with E-state index in [1.807, 2.05) is 0 Å². The Balaban J connectivity index is 1.42. The summed E-state index contributed by atoms with van der Waals surface area (Å²) in [6.45, 7) is 2.66. The maximum Gasteiger partial charge on any atom is 0.335 e. The molecule has 1 saturated heterocycles. The number of carboxylic acid groups (broad SMARTS) is 1. The highest BCUT2D eigenvalue weighted by atomic mass is 16.4. The van der Waals surface area contributed by atoms with Gasteiger partial charge in [-0.1, -0.05) is 6.07 Å². The van der Waals surface area contributed by atoms with Crippen LogP contribution in [0.3, 0.4) is 0 Å². The molecule has 2 aromatic heterocycles. The Kier molecular flexibility index (Phi) is 5.52. The number of piperidine rings is 1. The molecule has 10 heteroatoms. The lowest BCUT2D eigenvalue weighted by Gasteiger charge is -2.29. The normalized spacial score (nSPS) is 18.2. The number of aliphatic hydroxyl groups is 1. The van der Waals surface area contributed by atoms with Crippen LogP contribution in [0.1, 0.15) is 73.3 Å². The van der Waals surface area contributed by atoms with Crippen molar-refractivity contribution in [1.29, 1.82) is 0 Å². The van der Waals surface area contributed by atoms with Gasteiger partial charge in [0.2, 0.25) is 0 Å². The molecule has 0 spiro atoms. The Bertz CT molecular complexity index is 1310. The zero-order chi connectivity index (χ0) is 24.0. The number of rotatable bonds is 4. The summed E-state index contributed by atoms with van der Waals surface area (Å²) >= 11 is 0. The Labute approximate surface area is 195 Å². The van der Waals surface area contributed by atoms with Crippen LogP contribution < -0.4 is 5.32 Å². The van der Waals surface area contributed by atoms with E-state index in [9.17, 15) is 24.6 Å². The van der Waals surface area contributed by atoms with Gasteiger partial charge in [0.05, 0.1) is 23.9 Å². The summed E-state index contributed by atoms with van der Waals surface area (Å²) in [5.41, 5.74) is 3.59. The van der Waals surface area contributed by atoms with Crippen molar-refractivity contribution in [2.24, 2.45) is 0 Å². The van der Waals surface area contributed by atoms with Crippen LogP contribution >= 0.6 is 0 Å². The number of aromatic carboxylic acids is 1. The fourth-order valence-corrected chi connectivity index (χ4v) is 4.91. The molecular weight excluding hydrogens is 438 g/mol. The molecule has 0 bridgehead atoms. The van der Waals surface area contributed by atoms with Crippen molar-refractivity contribution in [3.63, 3.8) is 0 Å². The smallest absolute Gasteiger partial charge is 0.335 e. The van der Waals surface area contributed by atoms with Crippen LogP contribution in [-0.4, -0.2) is 66.7 Å². The molecule has 176 valence electrons. The van der Waals surface area contributed by atoms with Gasteiger partial charge in [0, 0.05) is 25.2 Å². The van der Waals surface area contributed by atoms with Crippen molar-refractivity contribution in [3.8, 4) is 0 Å². The average molecular weight is 463 g/mol. The highest BCUT2D eigenvalue weighted by Gasteiger charge is 2.29. The highest BCUT2D eigenvalue weighted by molar-refractivity contribution is 5.98. The third kappa shape index (κ3) is 3.79. The zero-order valence-corrected chi connectivity index (χ0v) is 18.7. The molecule has 3 heterocycles. The second-order valence-electron chi connectivity index (χ2n) is 8.83. The molecule has 1 aliphatic carbocycles. The van der Waals surface area contributed by atoms with Crippen LogP contribution in [0.4, 0.5) is 0 Å². The van der Waals surface area contributed by atoms with Crippen molar-refractivity contribution in [3.05, 3.63) is 64.1 Å². The van der Waals surface area contributed by atoms with Crippen molar-refractivity contribution in [2.45, 2.75) is 44.8 Å². The number of amides is 2. The van der Waals surface area contributed by atoms with E-state index in [2.05, 4.69) is 15.4 Å². The van der Waals surface area contributed by atoms with Crippen LogP contribution in [0, 0.1) is 6.92 Å². The first kappa shape index (κ1) is 22.0. The quantitative estimate of drug-likeness (QED) is 0.536. The molecule has 0 unspecified atom stereocenters. The van der Waals surface area contributed by atoms with Gasteiger partial charge in [-0.2, -0.15) is 5.10 Å².